The highest BCUT2D eigenvalue weighted by atomic mass is 16.1. The first-order valence-corrected chi connectivity index (χ1v) is 9.10. The van der Waals surface area contributed by atoms with Crippen LogP contribution in [-0.2, 0) is 0 Å². The Balaban J connectivity index is 1.81. The van der Waals surface area contributed by atoms with E-state index >= 15 is 0 Å². The van der Waals surface area contributed by atoms with Gasteiger partial charge >= 0.3 is 0 Å². The van der Waals surface area contributed by atoms with Crippen molar-refractivity contribution in [3.8, 4) is 0 Å². The summed E-state index contributed by atoms with van der Waals surface area (Å²) >= 11 is 0. The summed E-state index contributed by atoms with van der Waals surface area (Å²) < 4.78 is 0. The Hall–Kier alpha value is -3.21. The number of carbonyl (C=O) groups excluding carboxylic acids is 1. The molecule has 0 saturated carbocycles. The highest BCUT2D eigenvalue weighted by Crippen LogP contribution is 2.24. The third-order valence-corrected chi connectivity index (χ3v) is 4.44. The molecule has 1 atom stereocenters. The SMILES string of the molecule is CCN(c1cccc(C)c1)c1cc(C(=O)NC(C)c2ccccc2)ncn1. The molecule has 27 heavy (non-hydrogen) atoms. The highest BCUT2D eigenvalue weighted by Gasteiger charge is 2.16. The van der Waals surface area contributed by atoms with Crippen molar-refractivity contribution in [2.45, 2.75) is 26.8 Å². The normalized spacial score (nSPS) is 11.7. The number of nitrogens with zero attached hydrogens (tertiary/aromatic N) is 3. The van der Waals surface area contributed by atoms with Crippen LogP contribution in [0.25, 0.3) is 0 Å². The molecule has 1 amide bonds. The molecule has 0 aliphatic rings. The molecule has 5 nitrogen and oxygen atoms in total. The summed E-state index contributed by atoms with van der Waals surface area (Å²) in [4.78, 5) is 23.3. The first-order valence-electron chi connectivity index (χ1n) is 9.10. The smallest absolute Gasteiger partial charge is 0.270 e. The summed E-state index contributed by atoms with van der Waals surface area (Å²) in [6, 6.07) is 19.7. The standard InChI is InChI=1S/C22H24N4O/c1-4-26(19-12-8-9-16(2)13-19)21-14-20(23-15-24-21)22(27)25-17(3)18-10-6-5-7-11-18/h5-15,17H,4H2,1-3H3,(H,25,27). The fourth-order valence-corrected chi connectivity index (χ4v) is 2.99. The lowest BCUT2D eigenvalue weighted by atomic mass is 10.1. The van der Waals surface area contributed by atoms with Crippen molar-refractivity contribution >= 4 is 17.4 Å². The fraction of sp³-hybridized carbons (Fsp3) is 0.227. The van der Waals surface area contributed by atoms with Crippen LogP contribution < -0.4 is 10.2 Å². The quantitative estimate of drug-likeness (QED) is 0.706. The molecule has 5 heteroatoms. The minimum atomic E-state index is -0.213. The summed E-state index contributed by atoms with van der Waals surface area (Å²) in [5.41, 5.74) is 3.62. The number of aromatic nitrogens is 2. The fourth-order valence-electron chi connectivity index (χ4n) is 2.99. The van der Waals surface area contributed by atoms with Crippen LogP contribution in [0.4, 0.5) is 11.5 Å². The van der Waals surface area contributed by atoms with Crippen LogP contribution in [0.15, 0.2) is 67.0 Å². The van der Waals surface area contributed by atoms with Gasteiger partial charge in [0.25, 0.3) is 5.91 Å². The molecular formula is C22H24N4O. The Labute approximate surface area is 160 Å². The molecule has 138 valence electrons. The van der Waals surface area contributed by atoms with Gasteiger partial charge in [-0.2, -0.15) is 0 Å². The average molecular weight is 360 g/mol. The van der Waals surface area contributed by atoms with Crippen LogP contribution in [0.1, 0.15) is 41.5 Å². The Morgan fingerprint density at radius 2 is 1.85 bits per heavy atom. The maximum atomic E-state index is 12.7. The lowest BCUT2D eigenvalue weighted by Gasteiger charge is -2.22. The first kappa shape index (κ1) is 18.6. The van der Waals surface area contributed by atoms with Crippen molar-refractivity contribution in [1.29, 1.82) is 0 Å². The number of aryl methyl sites for hydroxylation is 1. The minimum absolute atomic E-state index is 0.101. The molecule has 2 aromatic carbocycles. The van der Waals surface area contributed by atoms with E-state index in [1.807, 2.05) is 49.4 Å². The predicted octanol–water partition coefficient (Wildman–Crippen LogP) is 4.43. The van der Waals surface area contributed by atoms with E-state index in [2.05, 4.69) is 46.2 Å². The number of rotatable bonds is 6. The topological polar surface area (TPSA) is 58.1 Å². The summed E-state index contributed by atoms with van der Waals surface area (Å²) in [5.74, 6) is 0.492. The van der Waals surface area contributed by atoms with Gasteiger partial charge in [-0.15, -0.1) is 0 Å². The van der Waals surface area contributed by atoms with E-state index in [-0.39, 0.29) is 11.9 Å². The van der Waals surface area contributed by atoms with Gasteiger partial charge in [-0.25, -0.2) is 9.97 Å². The zero-order valence-electron chi connectivity index (χ0n) is 15.9. The number of carbonyl (C=O) groups is 1. The van der Waals surface area contributed by atoms with Gasteiger partial charge in [0.15, 0.2) is 0 Å². The maximum Gasteiger partial charge on any atom is 0.270 e. The van der Waals surface area contributed by atoms with Crippen LogP contribution in [0.3, 0.4) is 0 Å². The van der Waals surface area contributed by atoms with Gasteiger partial charge in [0.2, 0.25) is 0 Å². The molecule has 0 aliphatic heterocycles. The lowest BCUT2D eigenvalue weighted by Crippen LogP contribution is -2.28. The molecule has 0 saturated heterocycles. The molecular weight excluding hydrogens is 336 g/mol. The number of nitrogens with one attached hydrogen (secondary N) is 1. The van der Waals surface area contributed by atoms with Gasteiger partial charge in [-0.3, -0.25) is 4.79 Å². The maximum absolute atomic E-state index is 12.7. The van der Waals surface area contributed by atoms with Gasteiger partial charge < -0.3 is 10.2 Å². The van der Waals surface area contributed by atoms with Crippen LogP contribution in [-0.4, -0.2) is 22.4 Å². The van der Waals surface area contributed by atoms with Gasteiger partial charge in [0.05, 0.1) is 6.04 Å². The molecule has 0 radical (unpaired) electrons. The number of benzene rings is 2. The summed E-state index contributed by atoms with van der Waals surface area (Å²) in [7, 11) is 0. The highest BCUT2D eigenvalue weighted by molar-refractivity contribution is 5.93. The Morgan fingerprint density at radius 1 is 1.07 bits per heavy atom. The number of amides is 1. The second-order valence-corrected chi connectivity index (χ2v) is 6.45. The second kappa shape index (κ2) is 8.45. The third kappa shape index (κ3) is 4.50. The average Bonchev–Trinajstić information content (AvgIpc) is 2.69. The first-order chi connectivity index (χ1) is 13.1. The van der Waals surface area contributed by atoms with Crippen molar-refractivity contribution in [2.75, 3.05) is 11.4 Å². The van der Waals surface area contributed by atoms with E-state index in [0.29, 0.717) is 11.5 Å². The third-order valence-electron chi connectivity index (χ3n) is 4.44. The summed E-state index contributed by atoms with van der Waals surface area (Å²) in [6.07, 6.45) is 1.44. The number of hydrogen-bond donors (Lipinski definition) is 1. The minimum Gasteiger partial charge on any atom is -0.344 e. The molecule has 1 aromatic heterocycles. The van der Waals surface area contributed by atoms with Crippen molar-refractivity contribution < 1.29 is 4.79 Å². The van der Waals surface area contributed by atoms with Gasteiger partial charge in [-0.05, 0) is 44.0 Å². The predicted molar refractivity (Wildman–Crippen MR) is 108 cm³/mol. The van der Waals surface area contributed by atoms with Crippen molar-refractivity contribution in [3.63, 3.8) is 0 Å². The number of anilines is 2. The number of hydrogen-bond acceptors (Lipinski definition) is 4. The lowest BCUT2D eigenvalue weighted by molar-refractivity contribution is 0.0934. The van der Waals surface area contributed by atoms with Gasteiger partial charge in [0, 0.05) is 18.3 Å². The molecule has 0 fully saturated rings. The van der Waals surface area contributed by atoms with Crippen LogP contribution in [0.2, 0.25) is 0 Å². The molecule has 1 N–H and O–H groups in total. The monoisotopic (exact) mass is 360 g/mol. The van der Waals surface area contributed by atoms with Crippen LogP contribution >= 0.6 is 0 Å². The van der Waals surface area contributed by atoms with Crippen molar-refractivity contribution in [2.24, 2.45) is 0 Å². The van der Waals surface area contributed by atoms with E-state index in [1.165, 1.54) is 11.9 Å². The van der Waals surface area contributed by atoms with E-state index in [0.717, 1.165) is 17.8 Å². The van der Waals surface area contributed by atoms with Gasteiger partial charge in [-0.1, -0.05) is 42.5 Å². The largest absolute Gasteiger partial charge is 0.344 e. The van der Waals surface area contributed by atoms with Crippen LogP contribution in [0, 0.1) is 6.92 Å². The summed E-state index contributed by atoms with van der Waals surface area (Å²) in [5, 5.41) is 3.00. The van der Waals surface area contributed by atoms with E-state index < -0.39 is 0 Å². The van der Waals surface area contributed by atoms with E-state index in [9.17, 15) is 4.79 Å². The molecule has 3 rings (SSSR count). The van der Waals surface area contributed by atoms with Crippen molar-refractivity contribution in [1.82, 2.24) is 15.3 Å². The van der Waals surface area contributed by atoms with E-state index in [1.54, 1.807) is 6.07 Å². The Bertz CT molecular complexity index is 911. The zero-order chi connectivity index (χ0) is 19.2. The molecule has 0 aliphatic carbocycles. The summed E-state index contributed by atoms with van der Waals surface area (Å²) in [6.45, 7) is 6.81. The molecule has 3 aromatic rings. The van der Waals surface area contributed by atoms with Crippen LogP contribution in [0.5, 0.6) is 0 Å². The second-order valence-electron chi connectivity index (χ2n) is 6.45. The van der Waals surface area contributed by atoms with E-state index in [4.69, 9.17) is 0 Å². The zero-order valence-corrected chi connectivity index (χ0v) is 15.9. The Kier molecular flexibility index (Phi) is 5.81. The molecule has 0 spiro atoms. The van der Waals surface area contributed by atoms with Crippen molar-refractivity contribution in [3.05, 3.63) is 83.8 Å². The molecule has 0 bridgehead atoms. The molecule has 1 heterocycles. The van der Waals surface area contributed by atoms with Gasteiger partial charge in [0.1, 0.15) is 17.8 Å². The molecule has 1 unspecified atom stereocenters. The Morgan fingerprint density at radius 3 is 2.56 bits per heavy atom.